The number of nitrogens with zero attached hydrogens (tertiary/aromatic N) is 1. The van der Waals surface area contributed by atoms with Gasteiger partial charge in [0.2, 0.25) is 0 Å². The molecule has 0 spiro atoms. The minimum Gasteiger partial charge on any atom is -0.378 e. The van der Waals surface area contributed by atoms with Crippen LogP contribution in [0.4, 0.5) is 0 Å². The van der Waals surface area contributed by atoms with Crippen molar-refractivity contribution in [1.29, 1.82) is 0 Å². The fraction of sp³-hybridized carbons (Fsp3) is 0.643. The van der Waals surface area contributed by atoms with Gasteiger partial charge in [-0.05, 0) is 50.7 Å². The van der Waals surface area contributed by atoms with Gasteiger partial charge in [0.15, 0.2) is 0 Å². The van der Waals surface area contributed by atoms with E-state index >= 15 is 0 Å². The number of nitrogens with two attached hydrogens (primary N) is 1. The monoisotopic (exact) mass is 249 g/mol. The third-order valence-corrected chi connectivity index (χ3v) is 3.57. The smallest absolute Gasteiger partial charge is 0.0576 e. The molecule has 0 amide bonds. The topological polar surface area (TPSA) is 60.2 Å². The van der Waals surface area contributed by atoms with E-state index in [0.717, 1.165) is 38.0 Å². The van der Waals surface area contributed by atoms with Crippen molar-refractivity contribution in [3.8, 4) is 0 Å². The summed E-state index contributed by atoms with van der Waals surface area (Å²) in [5.74, 6) is 5.61. The van der Waals surface area contributed by atoms with Crippen LogP contribution in [-0.2, 0) is 11.2 Å². The van der Waals surface area contributed by atoms with Crippen molar-refractivity contribution in [1.82, 2.24) is 10.4 Å². The van der Waals surface area contributed by atoms with Crippen LogP contribution in [0.15, 0.2) is 24.4 Å². The highest BCUT2D eigenvalue weighted by Crippen LogP contribution is 2.18. The maximum Gasteiger partial charge on any atom is 0.0576 e. The molecule has 0 radical (unpaired) electrons. The van der Waals surface area contributed by atoms with Gasteiger partial charge in [0.25, 0.3) is 0 Å². The van der Waals surface area contributed by atoms with Crippen LogP contribution < -0.4 is 11.3 Å². The Morgan fingerprint density at radius 1 is 1.44 bits per heavy atom. The molecule has 1 aliphatic heterocycles. The highest BCUT2D eigenvalue weighted by atomic mass is 16.5. The molecular formula is C14H23N3O. The number of ether oxygens (including phenoxy) is 1. The SMILES string of the molecule is NNC(CCc1ccccn1)CCC1CCCO1. The third-order valence-electron chi connectivity index (χ3n) is 3.57. The van der Waals surface area contributed by atoms with Crippen molar-refractivity contribution in [3.63, 3.8) is 0 Å². The molecule has 1 aliphatic rings. The van der Waals surface area contributed by atoms with E-state index in [4.69, 9.17) is 10.6 Å². The maximum atomic E-state index is 5.63. The first-order valence-corrected chi connectivity index (χ1v) is 6.86. The van der Waals surface area contributed by atoms with Crippen molar-refractivity contribution >= 4 is 0 Å². The van der Waals surface area contributed by atoms with Crippen molar-refractivity contribution < 1.29 is 4.74 Å². The molecule has 1 aromatic rings. The summed E-state index contributed by atoms with van der Waals surface area (Å²) in [5, 5.41) is 0. The molecule has 2 rings (SSSR count). The Kier molecular flexibility index (Phi) is 5.58. The number of aromatic nitrogens is 1. The van der Waals surface area contributed by atoms with Crippen LogP contribution in [0.25, 0.3) is 0 Å². The number of pyridine rings is 1. The van der Waals surface area contributed by atoms with Gasteiger partial charge >= 0.3 is 0 Å². The second-order valence-corrected chi connectivity index (χ2v) is 4.94. The lowest BCUT2D eigenvalue weighted by Crippen LogP contribution is -2.36. The summed E-state index contributed by atoms with van der Waals surface area (Å²) in [7, 11) is 0. The summed E-state index contributed by atoms with van der Waals surface area (Å²) >= 11 is 0. The number of nitrogens with one attached hydrogen (secondary N) is 1. The lowest BCUT2D eigenvalue weighted by Gasteiger charge is -2.17. The fourth-order valence-electron chi connectivity index (χ4n) is 2.44. The summed E-state index contributed by atoms with van der Waals surface area (Å²) in [5.41, 5.74) is 4.05. The quantitative estimate of drug-likeness (QED) is 0.571. The van der Waals surface area contributed by atoms with E-state index in [1.165, 1.54) is 12.8 Å². The van der Waals surface area contributed by atoms with E-state index in [2.05, 4.69) is 16.5 Å². The molecule has 0 saturated carbocycles. The molecule has 2 heterocycles. The molecule has 3 N–H and O–H groups in total. The number of hydrogen-bond donors (Lipinski definition) is 2. The number of aryl methyl sites for hydroxylation is 1. The van der Waals surface area contributed by atoms with Gasteiger partial charge in [0.05, 0.1) is 6.10 Å². The highest BCUT2D eigenvalue weighted by Gasteiger charge is 2.17. The molecule has 18 heavy (non-hydrogen) atoms. The summed E-state index contributed by atoms with van der Waals surface area (Å²) in [6, 6.07) is 6.39. The zero-order valence-corrected chi connectivity index (χ0v) is 10.8. The standard InChI is InChI=1S/C14H23N3O/c15-17-13(8-9-14-5-3-11-18-14)7-6-12-4-1-2-10-16-12/h1-2,4,10,13-14,17H,3,5-9,11,15H2. The van der Waals surface area contributed by atoms with E-state index in [9.17, 15) is 0 Å². The van der Waals surface area contributed by atoms with E-state index in [0.29, 0.717) is 12.1 Å². The van der Waals surface area contributed by atoms with Crippen LogP contribution in [0, 0.1) is 0 Å². The molecule has 0 aliphatic carbocycles. The average molecular weight is 249 g/mol. The molecule has 1 fully saturated rings. The second kappa shape index (κ2) is 7.46. The van der Waals surface area contributed by atoms with E-state index in [-0.39, 0.29) is 0 Å². The van der Waals surface area contributed by atoms with Gasteiger partial charge in [0.1, 0.15) is 0 Å². The van der Waals surface area contributed by atoms with Gasteiger partial charge in [-0.3, -0.25) is 16.3 Å². The lowest BCUT2D eigenvalue weighted by atomic mass is 10.0. The zero-order chi connectivity index (χ0) is 12.6. The Morgan fingerprint density at radius 2 is 2.39 bits per heavy atom. The molecular weight excluding hydrogens is 226 g/mol. The van der Waals surface area contributed by atoms with E-state index in [1.54, 1.807) is 0 Å². The fourth-order valence-corrected chi connectivity index (χ4v) is 2.44. The number of hydrogen-bond acceptors (Lipinski definition) is 4. The molecule has 1 aromatic heterocycles. The minimum absolute atomic E-state index is 0.358. The predicted octanol–water partition coefficient (Wildman–Crippen LogP) is 1.81. The summed E-state index contributed by atoms with van der Waals surface area (Å²) in [6.07, 6.45) is 8.89. The first kappa shape index (κ1) is 13.5. The van der Waals surface area contributed by atoms with Crippen LogP contribution in [-0.4, -0.2) is 23.7 Å². The van der Waals surface area contributed by atoms with Crippen molar-refractivity contribution in [2.75, 3.05) is 6.61 Å². The average Bonchev–Trinajstić information content (AvgIpc) is 2.93. The zero-order valence-electron chi connectivity index (χ0n) is 10.8. The van der Waals surface area contributed by atoms with Crippen molar-refractivity contribution in [2.24, 2.45) is 5.84 Å². The number of rotatable bonds is 7. The Balaban J connectivity index is 1.68. The highest BCUT2D eigenvalue weighted by molar-refractivity contribution is 5.03. The van der Waals surface area contributed by atoms with Gasteiger partial charge in [-0.25, -0.2) is 0 Å². The Bertz CT molecular complexity index is 325. The maximum absolute atomic E-state index is 5.63. The molecule has 0 bridgehead atoms. The van der Waals surface area contributed by atoms with Gasteiger partial charge in [-0.1, -0.05) is 6.07 Å². The summed E-state index contributed by atoms with van der Waals surface area (Å²) in [6.45, 7) is 0.930. The Morgan fingerprint density at radius 3 is 3.06 bits per heavy atom. The molecule has 2 atom stereocenters. The minimum atomic E-state index is 0.358. The number of hydrazine groups is 1. The van der Waals surface area contributed by atoms with E-state index in [1.807, 2.05) is 18.3 Å². The van der Waals surface area contributed by atoms with Gasteiger partial charge in [-0.2, -0.15) is 0 Å². The van der Waals surface area contributed by atoms with Gasteiger partial charge < -0.3 is 4.74 Å². The summed E-state index contributed by atoms with van der Waals surface area (Å²) < 4.78 is 5.63. The largest absolute Gasteiger partial charge is 0.378 e. The van der Waals surface area contributed by atoms with Crippen LogP contribution >= 0.6 is 0 Å². The molecule has 2 unspecified atom stereocenters. The van der Waals surface area contributed by atoms with Crippen LogP contribution in [0.2, 0.25) is 0 Å². The van der Waals surface area contributed by atoms with Gasteiger partial charge in [-0.15, -0.1) is 0 Å². The van der Waals surface area contributed by atoms with Crippen LogP contribution in [0.5, 0.6) is 0 Å². The van der Waals surface area contributed by atoms with Crippen LogP contribution in [0.3, 0.4) is 0 Å². The van der Waals surface area contributed by atoms with Crippen molar-refractivity contribution in [3.05, 3.63) is 30.1 Å². The molecule has 0 aromatic carbocycles. The molecule has 1 saturated heterocycles. The Hall–Kier alpha value is -0.970. The first-order chi connectivity index (χ1) is 8.88. The van der Waals surface area contributed by atoms with Gasteiger partial charge in [0, 0.05) is 24.5 Å². The Labute approximate surface area is 109 Å². The summed E-state index contributed by atoms with van der Waals surface area (Å²) in [4.78, 5) is 4.33. The molecule has 4 nitrogen and oxygen atoms in total. The molecule has 4 heteroatoms. The second-order valence-electron chi connectivity index (χ2n) is 4.94. The lowest BCUT2D eigenvalue weighted by molar-refractivity contribution is 0.0993. The van der Waals surface area contributed by atoms with E-state index < -0.39 is 0 Å². The van der Waals surface area contributed by atoms with Crippen LogP contribution in [0.1, 0.15) is 37.8 Å². The third kappa shape index (κ3) is 4.37. The molecule has 100 valence electrons. The first-order valence-electron chi connectivity index (χ1n) is 6.86. The predicted molar refractivity (Wildman–Crippen MR) is 71.9 cm³/mol. The normalized spacial score (nSPS) is 21.1. The van der Waals surface area contributed by atoms with Crippen molar-refractivity contribution in [2.45, 2.75) is 50.7 Å².